The topological polar surface area (TPSA) is 15.3 Å². The molecule has 3 rings (SSSR count). The largest absolute Gasteiger partial charge is 0.311 e. The average molecular weight is 286 g/mol. The Morgan fingerprint density at radius 3 is 2.48 bits per heavy atom. The van der Waals surface area contributed by atoms with E-state index in [-0.39, 0.29) is 0 Å². The smallest absolute Gasteiger partial charge is 0.0307 e. The van der Waals surface area contributed by atoms with E-state index < -0.39 is 0 Å². The first kappa shape index (κ1) is 15.1. The predicted octanol–water partition coefficient (Wildman–Crippen LogP) is 3.66. The molecule has 1 aliphatic heterocycles. The Morgan fingerprint density at radius 2 is 1.90 bits per heavy atom. The third kappa shape index (κ3) is 3.02. The molecule has 1 saturated heterocycles. The van der Waals surface area contributed by atoms with Gasteiger partial charge in [-0.3, -0.25) is 4.90 Å². The molecule has 0 radical (unpaired) electrons. The number of hydrogen-bond donors (Lipinski definition) is 1. The van der Waals surface area contributed by atoms with E-state index in [1.54, 1.807) is 0 Å². The van der Waals surface area contributed by atoms with Crippen molar-refractivity contribution in [3.63, 3.8) is 0 Å². The minimum atomic E-state index is 0.292. The van der Waals surface area contributed by atoms with Crippen LogP contribution in [0.15, 0.2) is 18.2 Å². The minimum absolute atomic E-state index is 0.292. The zero-order valence-electron chi connectivity index (χ0n) is 14.1. The standard InChI is InChI=1S/C19H30N2/c1-5-19(4)13-20-18(16-9-10-16)12-21(19)11-17-14(2)7-6-8-15(17)3/h6-8,16,18,20H,5,9-13H2,1-4H3. The van der Waals surface area contributed by atoms with Gasteiger partial charge in [0.05, 0.1) is 0 Å². The molecule has 0 amide bonds. The molecule has 0 aromatic heterocycles. The van der Waals surface area contributed by atoms with Crippen molar-refractivity contribution in [2.45, 2.75) is 65.1 Å². The van der Waals surface area contributed by atoms with Crippen molar-refractivity contribution in [2.75, 3.05) is 13.1 Å². The van der Waals surface area contributed by atoms with Gasteiger partial charge >= 0.3 is 0 Å². The second-order valence-electron chi connectivity index (χ2n) is 7.43. The Labute approximate surface area is 129 Å². The van der Waals surface area contributed by atoms with Crippen molar-refractivity contribution >= 4 is 0 Å². The van der Waals surface area contributed by atoms with Gasteiger partial charge < -0.3 is 5.32 Å². The van der Waals surface area contributed by atoms with Gasteiger partial charge in [0.25, 0.3) is 0 Å². The lowest BCUT2D eigenvalue weighted by Crippen LogP contribution is -2.63. The molecule has 0 spiro atoms. The Morgan fingerprint density at radius 1 is 1.24 bits per heavy atom. The van der Waals surface area contributed by atoms with Crippen molar-refractivity contribution in [1.29, 1.82) is 0 Å². The van der Waals surface area contributed by atoms with Crippen LogP contribution in [0.2, 0.25) is 0 Å². The van der Waals surface area contributed by atoms with E-state index in [4.69, 9.17) is 0 Å². The molecule has 21 heavy (non-hydrogen) atoms. The van der Waals surface area contributed by atoms with Crippen LogP contribution in [-0.2, 0) is 6.54 Å². The fourth-order valence-corrected chi connectivity index (χ4v) is 3.69. The molecule has 1 heterocycles. The number of nitrogens with zero attached hydrogens (tertiary/aromatic N) is 1. The number of hydrogen-bond acceptors (Lipinski definition) is 2. The predicted molar refractivity (Wildman–Crippen MR) is 89.5 cm³/mol. The van der Waals surface area contributed by atoms with Crippen LogP contribution in [0, 0.1) is 19.8 Å². The van der Waals surface area contributed by atoms with Crippen LogP contribution in [0.3, 0.4) is 0 Å². The minimum Gasteiger partial charge on any atom is -0.311 e. The highest BCUT2D eigenvalue weighted by atomic mass is 15.3. The molecule has 116 valence electrons. The van der Waals surface area contributed by atoms with Crippen molar-refractivity contribution in [2.24, 2.45) is 5.92 Å². The molecule has 1 aliphatic carbocycles. The molecule has 2 fully saturated rings. The maximum absolute atomic E-state index is 3.83. The Kier molecular flexibility index (Phi) is 4.11. The molecule has 1 saturated carbocycles. The van der Waals surface area contributed by atoms with E-state index in [9.17, 15) is 0 Å². The number of aryl methyl sites for hydroxylation is 2. The molecule has 2 nitrogen and oxygen atoms in total. The highest BCUT2D eigenvalue weighted by molar-refractivity contribution is 5.33. The second-order valence-corrected chi connectivity index (χ2v) is 7.43. The van der Waals surface area contributed by atoms with Gasteiger partial charge in [-0.05, 0) is 62.6 Å². The third-order valence-corrected chi connectivity index (χ3v) is 5.87. The van der Waals surface area contributed by atoms with E-state index in [0.29, 0.717) is 11.6 Å². The normalized spacial score (nSPS) is 30.6. The van der Waals surface area contributed by atoms with Gasteiger partial charge in [0.1, 0.15) is 0 Å². The van der Waals surface area contributed by atoms with Crippen molar-refractivity contribution in [3.8, 4) is 0 Å². The molecule has 1 aromatic carbocycles. The molecule has 2 atom stereocenters. The van der Waals surface area contributed by atoms with E-state index >= 15 is 0 Å². The molecular weight excluding hydrogens is 256 g/mol. The van der Waals surface area contributed by atoms with Crippen LogP contribution in [0.5, 0.6) is 0 Å². The lowest BCUT2D eigenvalue weighted by Gasteiger charge is -2.48. The first-order chi connectivity index (χ1) is 10.0. The van der Waals surface area contributed by atoms with Gasteiger partial charge in [0, 0.05) is 31.2 Å². The second kappa shape index (κ2) is 5.73. The van der Waals surface area contributed by atoms with Gasteiger partial charge in [0.15, 0.2) is 0 Å². The summed E-state index contributed by atoms with van der Waals surface area (Å²) in [5.74, 6) is 0.937. The highest BCUT2D eigenvalue weighted by Crippen LogP contribution is 2.37. The van der Waals surface area contributed by atoms with E-state index in [0.717, 1.165) is 19.0 Å². The Bertz CT molecular complexity index is 486. The molecule has 0 bridgehead atoms. The highest BCUT2D eigenvalue weighted by Gasteiger charge is 2.41. The summed E-state index contributed by atoms with van der Waals surface area (Å²) in [4.78, 5) is 2.75. The Hall–Kier alpha value is -0.860. The quantitative estimate of drug-likeness (QED) is 0.909. The zero-order chi connectivity index (χ0) is 15.0. The monoisotopic (exact) mass is 286 g/mol. The maximum atomic E-state index is 3.83. The van der Waals surface area contributed by atoms with Gasteiger partial charge in [-0.15, -0.1) is 0 Å². The molecule has 1 N–H and O–H groups in total. The summed E-state index contributed by atoms with van der Waals surface area (Å²) in [5, 5.41) is 3.83. The first-order valence-electron chi connectivity index (χ1n) is 8.57. The molecular formula is C19H30N2. The van der Waals surface area contributed by atoms with Crippen LogP contribution in [0.1, 0.15) is 49.8 Å². The average Bonchev–Trinajstić information content (AvgIpc) is 3.29. The summed E-state index contributed by atoms with van der Waals surface area (Å²) in [6, 6.07) is 7.41. The van der Waals surface area contributed by atoms with Gasteiger partial charge in [-0.1, -0.05) is 25.1 Å². The van der Waals surface area contributed by atoms with Crippen LogP contribution < -0.4 is 5.32 Å². The van der Waals surface area contributed by atoms with Crippen LogP contribution in [0.4, 0.5) is 0 Å². The van der Waals surface area contributed by atoms with E-state index in [1.807, 2.05) is 0 Å². The molecule has 1 aromatic rings. The fourth-order valence-electron chi connectivity index (χ4n) is 3.69. The molecule has 2 aliphatic rings. The Balaban J connectivity index is 1.82. The fraction of sp³-hybridized carbons (Fsp3) is 0.684. The summed E-state index contributed by atoms with van der Waals surface area (Å²) in [5.41, 5.74) is 4.71. The summed E-state index contributed by atoms with van der Waals surface area (Å²) in [6.07, 6.45) is 4.07. The van der Waals surface area contributed by atoms with Gasteiger partial charge in [-0.25, -0.2) is 0 Å². The third-order valence-electron chi connectivity index (χ3n) is 5.87. The number of piperazine rings is 1. The first-order valence-corrected chi connectivity index (χ1v) is 8.57. The lowest BCUT2D eigenvalue weighted by molar-refractivity contribution is 0.0366. The molecule has 2 heteroatoms. The van der Waals surface area contributed by atoms with Crippen molar-refractivity contribution in [3.05, 3.63) is 34.9 Å². The number of rotatable bonds is 4. The lowest BCUT2D eigenvalue weighted by atomic mass is 9.89. The number of nitrogens with one attached hydrogen (secondary N) is 1. The summed E-state index contributed by atoms with van der Waals surface area (Å²) in [6.45, 7) is 12.7. The summed E-state index contributed by atoms with van der Waals surface area (Å²) < 4.78 is 0. The summed E-state index contributed by atoms with van der Waals surface area (Å²) in [7, 11) is 0. The van der Waals surface area contributed by atoms with Crippen LogP contribution in [-0.4, -0.2) is 29.6 Å². The number of benzene rings is 1. The zero-order valence-corrected chi connectivity index (χ0v) is 14.1. The van der Waals surface area contributed by atoms with Crippen LogP contribution >= 0.6 is 0 Å². The van der Waals surface area contributed by atoms with Gasteiger partial charge in [-0.2, -0.15) is 0 Å². The maximum Gasteiger partial charge on any atom is 0.0307 e. The van der Waals surface area contributed by atoms with Crippen molar-refractivity contribution < 1.29 is 0 Å². The van der Waals surface area contributed by atoms with E-state index in [2.05, 4.69) is 56.1 Å². The van der Waals surface area contributed by atoms with E-state index in [1.165, 1.54) is 42.5 Å². The summed E-state index contributed by atoms with van der Waals surface area (Å²) >= 11 is 0. The SMILES string of the molecule is CCC1(C)CNC(C2CC2)CN1Cc1c(C)cccc1C. The van der Waals surface area contributed by atoms with Gasteiger partial charge in [0.2, 0.25) is 0 Å². The van der Waals surface area contributed by atoms with Crippen molar-refractivity contribution in [1.82, 2.24) is 10.2 Å². The van der Waals surface area contributed by atoms with Crippen LogP contribution in [0.25, 0.3) is 0 Å². The molecule has 2 unspecified atom stereocenters.